The molecule has 0 saturated carbocycles. The lowest BCUT2D eigenvalue weighted by atomic mass is 10.1. The minimum Gasteiger partial charge on any atom is -0.497 e. The molecule has 0 heterocycles. The predicted octanol–water partition coefficient (Wildman–Crippen LogP) is 2.13. The molecule has 0 fully saturated rings. The number of rotatable bonds is 7. The molecule has 2 atom stereocenters. The zero-order chi connectivity index (χ0) is 13.5. The number of benzene rings is 1. The van der Waals surface area contributed by atoms with E-state index >= 15 is 0 Å². The minimum atomic E-state index is -0.346. The van der Waals surface area contributed by atoms with Gasteiger partial charge in [-0.3, -0.25) is 0 Å². The molecular formula is C14H23NO3. The molecule has 102 valence electrons. The van der Waals surface area contributed by atoms with Crippen LogP contribution in [0.3, 0.4) is 0 Å². The Kier molecular flexibility index (Phi) is 5.95. The number of hydrogen-bond acceptors (Lipinski definition) is 4. The van der Waals surface area contributed by atoms with Gasteiger partial charge in [0.2, 0.25) is 0 Å². The Morgan fingerprint density at radius 3 is 2.61 bits per heavy atom. The molecule has 1 aromatic carbocycles. The van der Waals surface area contributed by atoms with Crippen molar-refractivity contribution in [3.8, 4) is 11.5 Å². The summed E-state index contributed by atoms with van der Waals surface area (Å²) in [5.74, 6) is 1.57. The number of ether oxygens (including phenoxy) is 2. The van der Waals surface area contributed by atoms with E-state index in [-0.39, 0.29) is 12.1 Å². The quantitative estimate of drug-likeness (QED) is 0.781. The third-order valence-electron chi connectivity index (χ3n) is 2.91. The Morgan fingerprint density at radius 2 is 2.06 bits per heavy atom. The highest BCUT2D eigenvalue weighted by Gasteiger charge is 2.11. The van der Waals surface area contributed by atoms with Gasteiger partial charge < -0.3 is 19.9 Å². The fourth-order valence-electron chi connectivity index (χ4n) is 1.62. The normalized spacial score (nSPS) is 14.1. The molecule has 0 aliphatic carbocycles. The molecule has 2 N–H and O–H groups in total. The van der Waals surface area contributed by atoms with Crippen LogP contribution in [0.15, 0.2) is 18.2 Å². The van der Waals surface area contributed by atoms with E-state index in [1.165, 1.54) is 0 Å². The lowest BCUT2D eigenvalue weighted by Gasteiger charge is -2.17. The van der Waals surface area contributed by atoms with Crippen LogP contribution in [0.5, 0.6) is 11.5 Å². The van der Waals surface area contributed by atoms with Crippen molar-refractivity contribution in [3.63, 3.8) is 0 Å². The van der Waals surface area contributed by atoms with Crippen LogP contribution in [0, 0.1) is 0 Å². The first-order valence-electron chi connectivity index (χ1n) is 6.24. The van der Waals surface area contributed by atoms with Crippen molar-refractivity contribution in [2.45, 2.75) is 32.4 Å². The molecule has 0 aliphatic heterocycles. The highest BCUT2D eigenvalue weighted by atomic mass is 16.5. The van der Waals surface area contributed by atoms with E-state index in [2.05, 4.69) is 12.2 Å². The Labute approximate surface area is 109 Å². The molecule has 2 unspecified atom stereocenters. The lowest BCUT2D eigenvalue weighted by Crippen LogP contribution is -2.15. The van der Waals surface area contributed by atoms with Gasteiger partial charge in [-0.15, -0.1) is 0 Å². The number of aliphatic hydroxyl groups excluding tert-OH is 1. The average Bonchev–Trinajstić information content (AvgIpc) is 2.37. The zero-order valence-corrected chi connectivity index (χ0v) is 11.6. The first-order chi connectivity index (χ1) is 8.58. The summed E-state index contributed by atoms with van der Waals surface area (Å²) in [4.78, 5) is 0. The second-order valence-electron chi connectivity index (χ2n) is 4.40. The zero-order valence-electron chi connectivity index (χ0n) is 11.6. The molecule has 0 saturated heterocycles. The Morgan fingerprint density at radius 1 is 1.33 bits per heavy atom. The predicted molar refractivity (Wildman–Crippen MR) is 72.3 cm³/mol. The summed E-state index contributed by atoms with van der Waals surface area (Å²) < 4.78 is 10.9. The van der Waals surface area contributed by atoms with Crippen LogP contribution in [0.4, 0.5) is 0 Å². The largest absolute Gasteiger partial charge is 0.497 e. The van der Waals surface area contributed by atoms with Crippen LogP contribution in [0.2, 0.25) is 0 Å². The monoisotopic (exact) mass is 253 g/mol. The fourth-order valence-corrected chi connectivity index (χ4v) is 1.62. The van der Waals surface area contributed by atoms with E-state index in [1.807, 2.05) is 25.2 Å². The number of nitrogens with one attached hydrogen (secondary N) is 1. The summed E-state index contributed by atoms with van der Waals surface area (Å²) in [5.41, 5.74) is 1.09. The summed E-state index contributed by atoms with van der Waals surface area (Å²) in [7, 11) is 3.55. The van der Waals surface area contributed by atoms with Crippen molar-refractivity contribution >= 4 is 0 Å². The maximum absolute atomic E-state index is 9.24. The maximum atomic E-state index is 9.24. The first-order valence-corrected chi connectivity index (χ1v) is 6.24. The summed E-state index contributed by atoms with van der Waals surface area (Å²) in [6, 6.07) is 6.01. The van der Waals surface area contributed by atoms with E-state index in [4.69, 9.17) is 9.47 Å². The van der Waals surface area contributed by atoms with Gasteiger partial charge in [-0.05, 0) is 27.0 Å². The van der Waals surface area contributed by atoms with Crippen LogP contribution in [0.1, 0.15) is 31.9 Å². The summed E-state index contributed by atoms with van der Waals surface area (Å²) in [6.07, 6.45) is 0.269. The highest BCUT2D eigenvalue weighted by molar-refractivity contribution is 5.42. The van der Waals surface area contributed by atoms with Crippen LogP contribution >= 0.6 is 0 Å². The molecule has 0 spiro atoms. The molecular weight excluding hydrogens is 230 g/mol. The van der Waals surface area contributed by atoms with E-state index in [0.717, 1.165) is 17.1 Å². The summed E-state index contributed by atoms with van der Waals surface area (Å²) in [5, 5.41) is 12.4. The Bertz CT molecular complexity index is 366. The van der Waals surface area contributed by atoms with E-state index in [0.29, 0.717) is 13.0 Å². The van der Waals surface area contributed by atoms with Gasteiger partial charge in [0.05, 0.1) is 19.8 Å². The highest BCUT2D eigenvalue weighted by Crippen LogP contribution is 2.29. The van der Waals surface area contributed by atoms with Gasteiger partial charge in [0.1, 0.15) is 11.5 Å². The van der Waals surface area contributed by atoms with Gasteiger partial charge in [-0.25, -0.2) is 0 Å². The first kappa shape index (κ1) is 14.8. The molecule has 0 bridgehead atoms. The number of aliphatic hydroxyl groups is 1. The molecule has 18 heavy (non-hydrogen) atoms. The number of hydrogen-bond donors (Lipinski definition) is 2. The molecule has 4 heteroatoms. The van der Waals surface area contributed by atoms with Gasteiger partial charge >= 0.3 is 0 Å². The Balaban J connectivity index is 2.82. The molecule has 0 radical (unpaired) electrons. The third-order valence-corrected chi connectivity index (χ3v) is 2.91. The van der Waals surface area contributed by atoms with Gasteiger partial charge in [0.15, 0.2) is 0 Å². The van der Waals surface area contributed by atoms with Crippen molar-refractivity contribution in [2.24, 2.45) is 0 Å². The Hall–Kier alpha value is -1.26. The van der Waals surface area contributed by atoms with Crippen molar-refractivity contribution in [1.29, 1.82) is 0 Å². The lowest BCUT2D eigenvalue weighted by molar-refractivity contribution is 0.155. The van der Waals surface area contributed by atoms with E-state index in [9.17, 15) is 5.11 Å². The average molecular weight is 253 g/mol. The standard InChI is InChI=1S/C14H23NO3/c1-10(16)7-8-18-14-9-12(17-4)5-6-13(14)11(2)15-3/h5-6,9-11,15-16H,7-8H2,1-4H3. The fraction of sp³-hybridized carbons (Fsp3) is 0.571. The van der Waals surface area contributed by atoms with Crippen molar-refractivity contribution in [1.82, 2.24) is 5.32 Å². The summed E-state index contributed by atoms with van der Waals surface area (Å²) >= 11 is 0. The van der Waals surface area contributed by atoms with Gasteiger partial charge in [0.25, 0.3) is 0 Å². The number of methoxy groups -OCH3 is 1. The molecule has 4 nitrogen and oxygen atoms in total. The SMILES string of the molecule is CNC(C)c1ccc(OC)cc1OCCC(C)O. The van der Waals surface area contributed by atoms with Crippen LogP contribution in [-0.4, -0.2) is 32.0 Å². The molecule has 0 aromatic heterocycles. The minimum absolute atomic E-state index is 0.206. The van der Waals surface area contributed by atoms with Crippen molar-refractivity contribution < 1.29 is 14.6 Å². The van der Waals surface area contributed by atoms with Crippen LogP contribution in [0.25, 0.3) is 0 Å². The molecule has 0 amide bonds. The summed E-state index contributed by atoms with van der Waals surface area (Å²) in [6.45, 7) is 4.32. The molecule has 0 aliphatic rings. The van der Waals surface area contributed by atoms with Gasteiger partial charge in [-0.1, -0.05) is 6.07 Å². The van der Waals surface area contributed by atoms with E-state index in [1.54, 1.807) is 14.0 Å². The molecule has 1 rings (SSSR count). The second kappa shape index (κ2) is 7.24. The van der Waals surface area contributed by atoms with Gasteiger partial charge in [-0.2, -0.15) is 0 Å². The van der Waals surface area contributed by atoms with Crippen LogP contribution in [-0.2, 0) is 0 Å². The maximum Gasteiger partial charge on any atom is 0.127 e. The van der Waals surface area contributed by atoms with Crippen molar-refractivity contribution in [2.75, 3.05) is 20.8 Å². The molecule has 1 aromatic rings. The topological polar surface area (TPSA) is 50.7 Å². The smallest absolute Gasteiger partial charge is 0.127 e. The van der Waals surface area contributed by atoms with E-state index < -0.39 is 0 Å². The van der Waals surface area contributed by atoms with Crippen molar-refractivity contribution in [3.05, 3.63) is 23.8 Å². The van der Waals surface area contributed by atoms with Crippen LogP contribution < -0.4 is 14.8 Å². The third kappa shape index (κ3) is 4.20. The second-order valence-corrected chi connectivity index (χ2v) is 4.40. The van der Waals surface area contributed by atoms with Gasteiger partial charge in [0, 0.05) is 24.1 Å².